The number of anilines is 1. The molecule has 0 fully saturated rings. The van der Waals surface area contributed by atoms with Crippen molar-refractivity contribution in [2.75, 3.05) is 31.9 Å². The predicted octanol–water partition coefficient (Wildman–Crippen LogP) is 2.86. The lowest BCUT2D eigenvalue weighted by Gasteiger charge is -2.09. The number of nitrogens with one attached hydrogen (secondary N) is 1. The molecule has 1 amide bonds. The normalized spacial score (nSPS) is 11.9. The van der Waals surface area contributed by atoms with Crippen LogP contribution in [0.3, 0.4) is 0 Å². The minimum atomic E-state index is -3.51. The number of ether oxygens (including phenoxy) is 2. The smallest absolute Gasteiger partial charge is 0.280 e. The summed E-state index contributed by atoms with van der Waals surface area (Å²) < 4.78 is 35.3. The lowest BCUT2D eigenvalue weighted by molar-refractivity contribution is -0.110. The Kier molecular flexibility index (Phi) is 8.89. The number of carbonyl (C=O) groups is 1. The molecule has 0 aliphatic rings. The van der Waals surface area contributed by atoms with Crippen LogP contribution < -0.4 is 10.1 Å². The van der Waals surface area contributed by atoms with Crippen LogP contribution in [0, 0.1) is 0 Å². The van der Waals surface area contributed by atoms with E-state index in [1.54, 1.807) is 30.6 Å². The van der Waals surface area contributed by atoms with Gasteiger partial charge in [-0.15, -0.1) is 0 Å². The number of hydrogen-bond donors (Lipinski definition) is 1. The maximum Gasteiger partial charge on any atom is 0.280 e. The number of pyridine rings is 1. The van der Waals surface area contributed by atoms with Crippen LogP contribution in [0.5, 0.6) is 5.88 Å². The molecule has 0 saturated heterocycles. The molecule has 0 atom stereocenters. The molecule has 0 aliphatic carbocycles. The molecule has 0 saturated carbocycles. The van der Waals surface area contributed by atoms with E-state index in [0.29, 0.717) is 45.8 Å². The molecule has 4 aromatic rings. The second-order valence-corrected chi connectivity index (χ2v) is 10.8. The molecule has 0 bridgehead atoms. The van der Waals surface area contributed by atoms with Crippen LogP contribution in [-0.4, -0.2) is 66.6 Å². The molecule has 1 N–H and O–H groups in total. The highest BCUT2D eigenvalue weighted by Gasteiger charge is 2.20. The van der Waals surface area contributed by atoms with E-state index in [9.17, 15) is 13.2 Å². The largest absolute Gasteiger partial charge is 0.481 e. The number of aromatic nitrogens is 4. The maximum atomic E-state index is 13.2. The molecule has 0 radical (unpaired) electrons. The van der Waals surface area contributed by atoms with Crippen LogP contribution in [0.15, 0.2) is 64.9 Å². The minimum Gasteiger partial charge on any atom is -0.481 e. The van der Waals surface area contributed by atoms with Gasteiger partial charge in [0.2, 0.25) is 5.88 Å². The van der Waals surface area contributed by atoms with E-state index in [2.05, 4.69) is 30.4 Å². The number of sulfone groups is 1. The van der Waals surface area contributed by atoms with Gasteiger partial charge in [-0.05, 0) is 30.7 Å². The highest BCUT2D eigenvalue weighted by molar-refractivity contribution is 7.91. The van der Waals surface area contributed by atoms with Gasteiger partial charge in [-0.25, -0.2) is 28.4 Å². The average Bonchev–Trinajstić information content (AvgIpc) is 3.33. The van der Waals surface area contributed by atoms with Gasteiger partial charge < -0.3 is 14.3 Å². The van der Waals surface area contributed by atoms with Gasteiger partial charge in [-0.1, -0.05) is 28.6 Å². The van der Waals surface area contributed by atoms with Crippen LogP contribution in [0.4, 0.5) is 5.13 Å². The van der Waals surface area contributed by atoms with Crippen molar-refractivity contribution < 1.29 is 27.5 Å². The van der Waals surface area contributed by atoms with Crippen LogP contribution >= 0.6 is 11.3 Å². The fourth-order valence-electron chi connectivity index (χ4n) is 3.24. The lowest BCUT2D eigenvalue weighted by atomic mass is 10.1. The number of fused-ring (bicyclic) bond motifs is 1. The van der Waals surface area contributed by atoms with E-state index in [1.165, 1.54) is 38.5 Å². The fraction of sp³-hybridized carbons (Fsp3) is 0.250. The van der Waals surface area contributed by atoms with E-state index in [1.807, 2.05) is 0 Å². The third-order valence-corrected chi connectivity index (χ3v) is 7.79. The molecule has 4 rings (SSSR count). The molecule has 1 aromatic carbocycles. The molecular weight excluding hydrogens is 532 g/mol. The Balaban J connectivity index is 1.57. The maximum absolute atomic E-state index is 13.2. The first-order chi connectivity index (χ1) is 18.4. The van der Waals surface area contributed by atoms with E-state index < -0.39 is 15.7 Å². The van der Waals surface area contributed by atoms with E-state index in [4.69, 9.17) is 14.3 Å². The zero-order valence-corrected chi connectivity index (χ0v) is 22.2. The summed E-state index contributed by atoms with van der Waals surface area (Å²) in [6.07, 6.45) is 3.49. The Morgan fingerprint density at radius 1 is 1.05 bits per heavy atom. The van der Waals surface area contributed by atoms with Crippen molar-refractivity contribution in [3.05, 3.63) is 66.2 Å². The third kappa shape index (κ3) is 6.85. The molecule has 0 aliphatic heterocycles. The summed E-state index contributed by atoms with van der Waals surface area (Å²) in [7, 11) is -0.485. The Labute approximate surface area is 222 Å². The quantitative estimate of drug-likeness (QED) is 0.156. The molecular formula is C24H24N6O6S2. The Morgan fingerprint density at radius 2 is 1.82 bits per heavy atom. The van der Waals surface area contributed by atoms with Gasteiger partial charge in [0.1, 0.15) is 10.3 Å². The van der Waals surface area contributed by atoms with Gasteiger partial charge in [-0.3, -0.25) is 10.1 Å². The van der Waals surface area contributed by atoms with Gasteiger partial charge in [0.25, 0.3) is 5.91 Å². The summed E-state index contributed by atoms with van der Waals surface area (Å²) >= 11 is 1.16. The number of oxime groups is 1. The predicted molar refractivity (Wildman–Crippen MR) is 141 cm³/mol. The Morgan fingerprint density at radius 3 is 2.53 bits per heavy atom. The average molecular weight is 557 g/mol. The van der Waals surface area contributed by atoms with Crippen LogP contribution in [0.2, 0.25) is 0 Å². The van der Waals surface area contributed by atoms with Crippen LogP contribution in [0.25, 0.3) is 10.3 Å². The fourth-order valence-corrected chi connectivity index (χ4v) is 5.35. The first kappa shape index (κ1) is 27.0. The number of thiazole rings is 1. The molecule has 38 heavy (non-hydrogen) atoms. The summed E-state index contributed by atoms with van der Waals surface area (Å²) in [5.41, 5.74) is 0.840. The first-order valence-corrected chi connectivity index (χ1v) is 13.8. The van der Waals surface area contributed by atoms with E-state index >= 15 is 0 Å². The summed E-state index contributed by atoms with van der Waals surface area (Å²) in [6, 6.07) is 10.9. The number of nitrogens with zero attached hydrogens (tertiary/aromatic N) is 5. The second-order valence-electron chi connectivity index (χ2n) is 7.72. The van der Waals surface area contributed by atoms with Crippen LogP contribution in [0.1, 0.15) is 17.8 Å². The Hall–Kier alpha value is -4.01. The van der Waals surface area contributed by atoms with Crippen molar-refractivity contribution in [3.63, 3.8) is 0 Å². The van der Waals surface area contributed by atoms with Crippen LogP contribution in [-0.2, 0) is 30.8 Å². The molecule has 3 aromatic heterocycles. The van der Waals surface area contributed by atoms with Gasteiger partial charge in [-0.2, -0.15) is 0 Å². The number of methoxy groups -OCH3 is 2. The number of carbonyl (C=O) groups excluding carboxylic acids is 1. The van der Waals surface area contributed by atoms with Crippen molar-refractivity contribution in [3.8, 4) is 5.88 Å². The second kappa shape index (κ2) is 12.5. The SMILES string of the molecule is COCCCS(=O)(=O)c1ccc(/C(=N\OCc2ncccn2)C(=O)Nc2nc3ccc(OC)nc3s2)cc1. The molecule has 12 nitrogen and oxygen atoms in total. The highest BCUT2D eigenvalue weighted by atomic mass is 32.2. The van der Waals surface area contributed by atoms with Crippen molar-refractivity contribution in [1.29, 1.82) is 0 Å². The summed E-state index contributed by atoms with van der Waals surface area (Å²) in [4.78, 5) is 36.1. The summed E-state index contributed by atoms with van der Waals surface area (Å²) in [6.45, 7) is 0.263. The van der Waals surface area contributed by atoms with Crippen molar-refractivity contribution >= 4 is 48.3 Å². The molecule has 198 valence electrons. The number of hydrogen-bond acceptors (Lipinski definition) is 12. The molecule has 3 heterocycles. The highest BCUT2D eigenvalue weighted by Crippen LogP contribution is 2.26. The zero-order chi connectivity index (χ0) is 27.0. The molecule has 14 heteroatoms. The van der Waals surface area contributed by atoms with Crippen molar-refractivity contribution in [1.82, 2.24) is 19.9 Å². The Bertz CT molecular complexity index is 1530. The lowest BCUT2D eigenvalue weighted by Crippen LogP contribution is -2.24. The first-order valence-electron chi connectivity index (χ1n) is 11.3. The van der Waals surface area contributed by atoms with E-state index in [-0.39, 0.29) is 23.0 Å². The summed E-state index contributed by atoms with van der Waals surface area (Å²) in [5, 5.41) is 7.02. The monoisotopic (exact) mass is 556 g/mol. The summed E-state index contributed by atoms with van der Waals surface area (Å²) in [5.74, 6) is 0.133. The minimum absolute atomic E-state index is 0.0573. The number of rotatable bonds is 12. The van der Waals surface area contributed by atoms with Crippen molar-refractivity contribution in [2.45, 2.75) is 17.9 Å². The van der Waals surface area contributed by atoms with Gasteiger partial charge in [0.15, 0.2) is 33.1 Å². The van der Waals surface area contributed by atoms with Gasteiger partial charge in [0, 0.05) is 37.7 Å². The van der Waals surface area contributed by atoms with Crippen molar-refractivity contribution in [2.24, 2.45) is 5.16 Å². The molecule has 0 unspecified atom stereocenters. The molecule has 0 spiro atoms. The van der Waals surface area contributed by atoms with Gasteiger partial charge >= 0.3 is 0 Å². The number of benzene rings is 1. The standard InChI is InChI=1S/C24H24N6O6S2/c1-34-13-4-14-38(32,33)17-7-5-16(6-8-17)21(30-36-15-19-25-11-3-12-26-19)22(31)29-24-27-18-9-10-20(35-2)28-23(18)37-24/h3,5-12H,4,13-15H2,1-2H3,(H,27,29,31)/b30-21+. The topological polar surface area (TPSA) is 155 Å². The van der Waals surface area contributed by atoms with E-state index in [0.717, 1.165) is 11.3 Å². The number of amides is 1. The van der Waals surface area contributed by atoms with Gasteiger partial charge in [0.05, 0.1) is 17.8 Å². The third-order valence-electron chi connectivity index (χ3n) is 5.09. The zero-order valence-electron chi connectivity index (χ0n) is 20.5.